The number of carboxylic acid groups (broad SMARTS) is 1. The smallest absolute Gasteiger partial charge is 0.329 e. The van der Waals surface area contributed by atoms with Gasteiger partial charge in [-0.3, -0.25) is 4.79 Å². The molecular weight excluding hydrogens is 272 g/mol. The summed E-state index contributed by atoms with van der Waals surface area (Å²) in [5.41, 5.74) is -3.65. The van der Waals surface area contributed by atoms with Crippen LogP contribution in [0.1, 0.15) is 61.3 Å². The Hall–Kier alpha value is -1.14. The van der Waals surface area contributed by atoms with Crippen molar-refractivity contribution in [3.63, 3.8) is 0 Å². The Morgan fingerprint density at radius 1 is 1.10 bits per heavy atom. The fourth-order valence-electron chi connectivity index (χ4n) is 3.35. The summed E-state index contributed by atoms with van der Waals surface area (Å²) >= 11 is 0. The standard InChI is InChI=1S/C15H28N2O4/c1-12(2,3)10(18)16-15(11(19)20)8-13(4,5)17(21)14(6,7)9-15/h17H,8-9H2,1-7H3,(H,16,18)(H,19,20). The van der Waals surface area contributed by atoms with Crippen molar-refractivity contribution < 1.29 is 19.8 Å². The zero-order chi connectivity index (χ0) is 16.9. The van der Waals surface area contributed by atoms with Crippen LogP contribution in [0.2, 0.25) is 0 Å². The van der Waals surface area contributed by atoms with Crippen LogP contribution in [0.4, 0.5) is 0 Å². The van der Waals surface area contributed by atoms with Gasteiger partial charge < -0.3 is 20.7 Å². The second-order valence-corrected chi connectivity index (χ2v) is 8.54. The Kier molecular flexibility index (Phi) is 4.22. The molecule has 0 saturated carbocycles. The lowest BCUT2D eigenvalue weighted by atomic mass is 9.70. The minimum Gasteiger partial charge on any atom is -0.634 e. The lowest BCUT2D eigenvalue weighted by molar-refractivity contribution is -0.956. The summed E-state index contributed by atoms with van der Waals surface area (Å²) in [5, 5.41) is 24.9. The summed E-state index contributed by atoms with van der Waals surface area (Å²) in [4.78, 5) is 24.2. The molecule has 0 unspecified atom stereocenters. The van der Waals surface area contributed by atoms with Crippen molar-refractivity contribution in [3.8, 4) is 0 Å². The van der Waals surface area contributed by atoms with Gasteiger partial charge >= 0.3 is 5.97 Å². The maximum Gasteiger partial charge on any atom is 0.329 e. The molecule has 1 saturated heterocycles. The van der Waals surface area contributed by atoms with Gasteiger partial charge in [-0.05, 0) is 27.7 Å². The first-order valence-corrected chi connectivity index (χ1v) is 7.25. The number of piperidine rings is 1. The van der Waals surface area contributed by atoms with Gasteiger partial charge in [-0.25, -0.2) is 4.79 Å². The molecule has 6 heteroatoms. The molecule has 3 N–H and O–H groups in total. The van der Waals surface area contributed by atoms with Crippen molar-refractivity contribution in [3.05, 3.63) is 5.21 Å². The third-order valence-corrected chi connectivity index (χ3v) is 4.16. The Balaban J connectivity index is 3.24. The second-order valence-electron chi connectivity index (χ2n) is 8.54. The summed E-state index contributed by atoms with van der Waals surface area (Å²) in [6.07, 6.45) is 0.221. The van der Waals surface area contributed by atoms with Gasteiger partial charge in [0.15, 0.2) is 0 Å². The average molecular weight is 300 g/mol. The Labute approximate surface area is 126 Å². The number of hydrogen-bond acceptors (Lipinski definition) is 3. The molecule has 1 rings (SSSR count). The number of carboxylic acids is 1. The van der Waals surface area contributed by atoms with Crippen LogP contribution in [-0.4, -0.2) is 33.6 Å². The molecule has 0 aromatic heterocycles. The molecular formula is C15H28N2O4. The third kappa shape index (κ3) is 3.37. The van der Waals surface area contributed by atoms with Gasteiger partial charge in [-0.15, -0.1) is 0 Å². The van der Waals surface area contributed by atoms with E-state index in [1.54, 1.807) is 48.5 Å². The zero-order valence-electron chi connectivity index (χ0n) is 14.1. The molecule has 0 aliphatic carbocycles. The molecule has 1 aliphatic rings. The SMILES string of the molecule is CC(C)(C)C(=O)NC1(C(=O)O)CC(C)(C)[NH+]([O-])C(C)(C)C1. The number of rotatable bonds is 2. The predicted molar refractivity (Wildman–Crippen MR) is 79.7 cm³/mol. The molecule has 122 valence electrons. The first-order valence-electron chi connectivity index (χ1n) is 7.25. The van der Waals surface area contributed by atoms with Crippen molar-refractivity contribution in [2.24, 2.45) is 5.41 Å². The maximum absolute atomic E-state index is 12.5. The maximum atomic E-state index is 12.5. The number of nitrogens with one attached hydrogen (secondary N) is 2. The lowest BCUT2D eigenvalue weighted by Gasteiger charge is -2.57. The minimum absolute atomic E-state index is 0.0388. The molecule has 0 bridgehead atoms. The number of quaternary nitrogens is 1. The van der Waals surface area contributed by atoms with Gasteiger partial charge in [0.25, 0.3) is 0 Å². The van der Waals surface area contributed by atoms with E-state index in [4.69, 9.17) is 0 Å². The highest BCUT2D eigenvalue weighted by atomic mass is 16.5. The largest absolute Gasteiger partial charge is 0.634 e. The Bertz CT molecular complexity index is 431. The lowest BCUT2D eigenvalue weighted by Crippen LogP contribution is -3.24. The van der Waals surface area contributed by atoms with Crippen molar-refractivity contribution in [1.82, 2.24) is 5.32 Å². The summed E-state index contributed by atoms with van der Waals surface area (Å²) in [6.45, 7) is 12.2. The Morgan fingerprint density at radius 2 is 1.48 bits per heavy atom. The molecule has 0 spiro atoms. The fourth-order valence-corrected chi connectivity index (χ4v) is 3.35. The quantitative estimate of drug-likeness (QED) is 0.655. The third-order valence-electron chi connectivity index (χ3n) is 4.16. The fraction of sp³-hybridized carbons (Fsp3) is 0.867. The van der Waals surface area contributed by atoms with E-state index in [1.165, 1.54) is 0 Å². The highest BCUT2D eigenvalue weighted by Gasteiger charge is 2.57. The van der Waals surface area contributed by atoms with Crippen LogP contribution in [0.25, 0.3) is 0 Å². The molecule has 0 atom stereocenters. The number of amides is 1. The highest BCUT2D eigenvalue weighted by Crippen LogP contribution is 2.33. The molecule has 1 fully saturated rings. The normalized spacial score (nSPS) is 31.5. The summed E-state index contributed by atoms with van der Waals surface area (Å²) < 4.78 is 0. The first-order chi connectivity index (χ1) is 9.14. The number of hydrogen-bond donors (Lipinski definition) is 3. The molecule has 1 heterocycles. The molecule has 21 heavy (non-hydrogen) atoms. The van der Waals surface area contributed by atoms with Crippen LogP contribution in [0.5, 0.6) is 0 Å². The van der Waals surface area contributed by atoms with Gasteiger partial charge in [-0.2, -0.15) is 0 Å². The topological polar surface area (TPSA) is 93.9 Å². The van der Waals surface area contributed by atoms with Gasteiger partial charge in [0.2, 0.25) is 5.91 Å². The molecule has 0 aromatic rings. The van der Waals surface area contributed by atoms with Crippen LogP contribution >= 0.6 is 0 Å². The van der Waals surface area contributed by atoms with Crippen LogP contribution < -0.4 is 10.4 Å². The van der Waals surface area contributed by atoms with E-state index in [2.05, 4.69) is 5.32 Å². The second kappa shape index (κ2) is 4.95. The van der Waals surface area contributed by atoms with Crippen molar-refractivity contribution >= 4 is 11.9 Å². The Morgan fingerprint density at radius 3 is 1.76 bits per heavy atom. The number of carbonyl (C=O) groups excluding carboxylic acids is 1. The van der Waals surface area contributed by atoms with Crippen molar-refractivity contribution in [1.29, 1.82) is 0 Å². The molecule has 0 aromatic carbocycles. The van der Waals surface area contributed by atoms with E-state index >= 15 is 0 Å². The molecule has 6 nitrogen and oxygen atoms in total. The van der Waals surface area contributed by atoms with Crippen LogP contribution in [-0.2, 0) is 9.59 Å². The van der Waals surface area contributed by atoms with Crippen LogP contribution in [0, 0.1) is 10.6 Å². The minimum atomic E-state index is -1.40. The van der Waals surface area contributed by atoms with Crippen LogP contribution in [0.3, 0.4) is 0 Å². The van der Waals surface area contributed by atoms with E-state index in [0.717, 1.165) is 0 Å². The van der Waals surface area contributed by atoms with Gasteiger partial charge in [0.05, 0.1) is 11.1 Å². The van der Waals surface area contributed by atoms with E-state index in [0.29, 0.717) is 0 Å². The van der Waals surface area contributed by atoms with Crippen molar-refractivity contribution in [2.75, 3.05) is 0 Å². The van der Waals surface area contributed by atoms with E-state index in [-0.39, 0.29) is 23.8 Å². The zero-order valence-corrected chi connectivity index (χ0v) is 14.1. The summed E-state index contributed by atoms with van der Waals surface area (Å²) in [6, 6.07) is 0. The van der Waals surface area contributed by atoms with E-state index < -0.39 is 28.0 Å². The summed E-state index contributed by atoms with van der Waals surface area (Å²) in [5.74, 6) is -1.39. The van der Waals surface area contributed by atoms with Crippen LogP contribution in [0.15, 0.2) is 0 Å². The predicted octanol–water partition coefficient (Wildman–Crippen LogP) is 0.706. The van der Waals surface area contributed by atoms with E-state index in [1.807, 2.05) is 0 Å². The number of aliphatic carboxylic acids is 1. The van der Waals surface area contributed by atoms with Gasteiger partial charge in [0.1, 0.15) is 5.54 Å². The van der Waals surface area contributed by atoms with Crippen molar-refractivity contribution in [2.45, 2.75) is 77.9 Å². The van der Waals surface area contributed by atoms with Gasteiger partial charge in [-0.1, -0.05) is 20.8 Å². The number of carbonyl (C=O) groups is 2. The average Bonchev–Trinajstić information content (AvgIpc) is 2.23. The van der Waals surface area contributed by atoms with Gasteiger partial charge in [0, 0.05) is 18.3 Å². The monoisotopic (exact) mass is 300 g/mol. The summed E-state index contributed by atoms with van der Waals surface area (Å²) in [7, 11) is 0. The molecule has 1 amide bonds. The molecule has 1 aliphatic heterocycles. The van der Waals surface area contributed by atoms with E-state index in [9.17, 15) is 19.9 Å². The first kappa shape index (κ1) is 17.9. The molecule has 0 radical (unpaired) electrons. The number of hydroxylamine groups is 2. The highest BCUT2D eigenvalue weighted by molar-refractivity contribution is 5.89.